The third-order valence-corrected chi connectivity index (χ3v) is 4.89. The van der Waals surface area contributed by atoms with Crippen LogP contribution in [0.25, 0.3) is 0 Å². The summed E-state index contributed by atoms with van der Waals surface area (Å²) in [6.45, 7) is 0.595. The first-order chi connectivity index (χ1) is 12.6. The first-order valence-electron chi connectivity index (χ1n) is 8.60. The maximum Gasteiger partial charge on any atom is 0.261 e. The molecule has 0 spiro atoms. The molecule has 2 aromatic rings. The van der Waals surface area contributed by atoms with E-state index in [1.165, 1.54) is 12.1 Å². The van der Waals surface area contributed by atoms with Gasteiger partial charge in [0.2, 0.25) is 5.91 Å². The van der Waals surface area contributed by atoms with Crippen molar-refractivity contribution in [3.8, 4) is 0 Å². The van der Waals surface area contributed by atoms with Crippen molar-refractivity contribution in [2.75, 3.05) is 18.0 Å². The van der Waals surface area contributed by atoms with Crippen LogP contribution in [0.2, 0.25) is 0 Å². The zero-order chi connectivity index (χ0) is 18.3. The Morgan fingerprint density at radius 3 is 2.42 bits per heavy atom. The van der Waals surface area contributed by atoms with E-state index in [1.54, 1.807) is 35.2 Å². The van der Waals surface area contributed by atoms with Gasteiger partial charge in [-0.25, -0.2) is 4.39 Å². The van der Waals surface area contributed by atoms with Crippen LogP contribution in [-0.4, -0.2) is 35.7 Å². The summed E-state index contributed by atoms with van der Waals surface area (Å²) in [5, 5.41) is 0. The van der Waals surface area contributed by atoms with Gasteiger partial charge in [0, 0.05) is 25.2 Å². The zero-order valence-electron chi connectivity index (χ0n) is 14.1. The second-order valence-electron chi connectivity index (χ2n) is 6.48. The number of aryl methyl sites for hydroxylation is 1. The Labute approximate surface area is 150 Å². The van der Waals surface area contributed by atoms with Crippen LogP contribution in [0.3, 0.4) is 0 Å². The molecule has 0 aromatic heterocycles. The average molecular weight is 352 g/mol. The fourth-order valence-corrected chi connectivity index (χ4v) is 3.61. The Morgan fingerprint density at radius 1 is 1.04 bits per heavy atom. The second-order valence-corrected chi connectivity index (χ2v) is 6.48. The molecule has 0 fully saturated rings. The first kappa shape index (κ1) is 16.4. The van der Waals surface area contributed by atoms with Gasteiger partial charge in [0.1, 0.15) is 5.82 Å². The first-order valence-corrected chi connectivity index (χ1v) is 8.60. The number of halogens is 1. The predicted octanol–water partition coefficient (Wildman–Crippen LogP) is 2.79. The van der Waals surface area contributed by atoms with Gasteiger partial charge in [0.05, 0.1) is 11.1 Å². The molecule has 0 saturated heterocycles. The number of amides is 3. The van der Waals surface area contributed by atoms with E-state index in [0.717, 1.165) is 23.3 Å². The SMILES string of the molecule is O=C1c2ccccc2C(=O)N1CCC(=O)N1CCCc2cc(F)ccc21. The summed E-state index contributed by atoms with van der Waals surface area (Å²) in [6, 6.07) is 11.1. The van der Waals surface area contributed by atoms with Crippen LogP contribution in [0.4, 0.5) is 10.1 Å². The topological polar surface area (TPSA) is 57.7 Å². The van der Waals surface area contributed by atoms with Crippen LogP contribution in [0.15, 0.2) is 42.5 Å². The lowest BCUT2D eigenvalue weighted by molar-refractivity contribution is -0.118. The molecule has 0 N–H and O–H groups in total. The van der Waals surface area contributed by atoms with Gasteiger partial charge in [-0.2, -0.15) is 0 Å². The van der Waals surface area contributed by atoms with Crippen molar-refractivity contribution in [3.63, 3.8) is 0 Å². The summed E-state index contributed by atoms with van der Waals surface area (Å²) in [4.78, 5) is 40.2. The van der Waals surface area contributed by atoms with Gasteiger partial charge < -0.3 is 4.90 Å². The highest BCUT2D eigenvalue weighted by molar-refractivity contribution is 6.21. The molecule has 0 radical (unpaired) electrons. The predicted molar refractivity (Wildman–Crippen MR) is 93.5 cm³/mol. The lowest BCUT2D eigenvalue weighted by atomic mass is 10.0. The molecule has 0 aliphatic carbocycles. The van der Waals surface area contributed by atoms with Gasteiger partial charge in [0.25, 0.3) is 11.8 Å². The summed E-state index contributed by atoms with van der Waals surface area (Å²) < 4.78 is 13.4. The van der Waals surface area contributed by atoms with Crippen LogP contribution < -0.4 is 4.90 Å². The number of rotatable bonds is 3. The van der Waals surface area contributed by atoms with Crippen LogP contribution in [0.5, 0.6) is 0 Å². The van der Waals surface area contributed by atoms with E-state index < -0.39 is 0 Å². The lowest BCUT2D eigenvalue weighted by Crippen LogP contribution is -2.39. The number of nitrogens with zero attached hydrogens (tertiary/aromatic N) is 2. The number of carbonyl (C=O) groups excluding carboxylic acids is 3. The largest absolute Gasteiger partial charge is 0.312 e. The highest BCUT2D eigenvalue weighted by atomic mass is 19.1. The molecular weight excluding hydrogens is 335 g/mol. The maximum atomic E-state index is 13.4. The quantitative estimate of drug-likeness (QED) is 0.798. The highest BCUT2D eigenvalue weighted by Gasteiger charge is 2.35. The van der Waals surface area contributed by atoms with E-state index in [-0.39, 0.29) is 36.5 Å². The van der Waals surface area contributed by atoms with E-state index >= 15 is 0 Å². The fraction of sp³-hybridized carbons (Fsp3) is 0.250. The number of imide groups is 1. The summed E-state index contributed by atoms with van der Waals surface area (Å²) >= 11 is 0. The van der Waals surface area contributed by atoms with Crippen molar-refractivity contribution in [2.24, 2.45) is 0 Å². The molecule has 3 amide bonds. The third-order valence-electron chi connectivity index (χ3n) is 4.89. The van der Waals surface area contributed by atoms with Crippen molar-refractivity contribution in [2.45, 2.75) is 19.3 Å². The van der Waals surface area contributed by atoms with E-state index in [0.29, 0.717) is 23.4 Å². The van der Waals surface area contributed by atoms with Gasteiger partial charge in [-0.3, -0.25) is 19.3 Å². The molecule has 2 heterocycles. The van der Waals surface area contributed by atoms with Gasteiger partial charge in [-0.15, -0.1) is 0 Å². The minimum absolute atomic E-state index is 0.0399. The standard InChI is InChI=1S/C20H17FN2O3/c21-14-7-8-17-13(12-14)4-3-10-22(17)18(24)9-11-23-19(25)15-5-1-2-6-16(15)20(23)26/h1-2,5-8,12H,3-4,9-11H2. The Morgan fingerprint density at radius 2 is 1.73 bits per heavy atom. The Bertz CT molecular complexity index is 890. The van der Waals surface area contributed by atoms with Crippen molar-refractivity contribution >= 4 is 23.4 Å². The van der Waals surface area contributed by atoms with Gasteiger partial charge >= 0.3 is 0 Å². The number of hydrogen-bond acceptors (Lipinski definition) is 3. The van der Waals surface area contributed by atoms with Crippen molar-refractivity contribution < 1.29 is 18.8 Å². The number of benzene rings is 2. The summed E-state index contributed by atoms with van der Waals surface area (Å²) in [5.41, 5.74) is 2.28. The highest BCUT2D eigenvalue weighted by Crippen LogP contribution is 2.29. The normalized spacial score (nSPS) is 15.9. The van der Waals surface area contributed by atoms with Crippen molar-refractivity contribution in [3.05, 3.63) is 65.0 Å². The van der Waals surface area contributed by atoms with Crippen molar-refractivity contribution in [1.29, 1.82) is 0 Å². The van der Waals surface area contributed by atoms with Gasteiger partial charge in [0.15, 0.2) is 0 Å². The van der Waals surface area contributed by atoms with Crippen LogP contribution in [-0.2, 0) is 11.2 Å². The van der Waals surface area contributed by atoms with E-state index in [9.17, 15) is 18.8 Å². The molecule has 5 nitrogen and oxygen atoms in total. The van der Waals surface area contributed by atoms with Gasteiger partial charge in [-0.1, -0.05) is 12.1 Å². The minimum Gasteiger partial charge on any atom is -0.312 e. The smallest absolute Gasteiger partial charge is 0.261 e. The molecule has 26 heavy (non-hydrogen) atoms. The van der Waals surface area contributed by atoms with E-state index in [4.69, 9.17) is 0 Å². The zero-order valence-corrected chi connectivity index (χ0v) is 14.1. The molecule has 132 valence electrons. The summed E-state index contributed by atoms with van der Waals surface area (Å²) in [6.07, 6.45) is 1.53. The Balaban J connectivity index is 1.48. The summed E-state index contributed by atoms with van der Waals surface area (Å²) in [7, 11) is 0. The minimum atomic E-state index is -0.362. The molecule has 4 rings (SSSR count). The molecule has 2 aromatic carbocycles. The lowest BCUT2D eigenvalue weighted by Gasteiger charge is -2.30. The Hall–Kier alpha value is -3.02. The molecule has 0 unspecified atom stereocenters. The summed E-state index contributed by atoms with van der Waals surface area (Å²) in [5.74, 6) is -1.21. The van der Waals surface area contributed by atoms with Crippen molar-refractivity contribution in [1.82, 2.24) is 4.90 Å². The molecule has 0 bridgehead atoms. The molecule has 2 aliphatic heterocycles. The fourth-order valence-electron chi connectivity index (χ4n) is 3.61. The molecule has 0 saturated carbocycles. The van der Waals surface area contributed by atoms with Crippen LogP contribution in [0, 0.1) is 5.82 Å². The number of anilines is 1. The third kappa shape index (κ3) is 2.67. The molecule has 0 atom stereocenters. The Kier molecular flexibility index (Phi) is 4.03. The molecule has 2 aliphatic rings. The number of hydrogen-bond donors (Lipinski definition) is 0. The molecule has 6 heteroatoms. The van der Waals surface area contributed by atoms with Crippen LogP contribution in [0.1, 0.15) is 39.1 Å². The number of carbonyl (C=O) groups is 3. The van der Waals surface area contributed by atoms with E-state index in [2.05, 4.69) is 0 Å². The van der Waals surface area contributed by atoms with Gasteiger partial charge in [-0.05, 0) is 48.7 Å². The number of fused-ring (bicyclic) bond motifs is 2. The molecular formula is C20H17FN2O3. The monoisotopic (exact) mass is 352 g/mol. The maximum absolute atomic E-state index is 13.4. The van der Waals surface area contributed by atoms with Crippen LogP contribution >= 0.6 is 0 Å². The second kappa shape index (κ2) is 6.37. The van der Waals surface area contributed by atoms with E-state index in [1.807, 2.05) is 0 Å². The average Bonchev–Trinajstić information content (AvgIpc) is 2.90.